The molecular formula is C18H20N6O4S. The third-order valence-electron chi connectivity index (χ3n) is 4.24. The largest absolute Gasteiger partial charge is 0.465 e. The van der Waals surface area contributed by atoms with Gasteiger partial charge in [0, 0.05) is 11.9 Å². The molecule has 0 unspecified atom stereocenters. The summed E-state index contributed by atoms with van der Waals surface area (Å²) in [4.78, 5) is 36.5. The Morgan fingerprint density at radius 1 is 1.24 bits per heavy atom. The fraction of sp³-hybridized carbons (Fsp3) is 0.278. The first-order valence-electron chi connectivity index (χ1n) is 8.58. The summed E-state index contributed by atoms with van der Waals surface area (Å²) in [5.41, 5.74) is 7.82. The van der Waals surface area contributed by atoms with E-state index in [4.69, 9.17) is 10.5 Å². The number of ether oxygens (including phenoxy) is 1. The van der Waals surface area contributed by atoms with E-state index in [0.29, 0.717) is 12.2 Å². The number of anilines is 1. The van der Waals surface area contributed by atoms with Gasteiger partial charge in [-0.2, -0.15) is 10.2 Å². The molecule has 11 heteroatoms. The van der Waals surface area contributed by atoms with Crippen molar-refractivity contribution in [2.75, 3.05) is 12.4 Å². The standard InChI is InChI=1S/C18H20N6O4S/c1-9-7-10(2)24(21-9)8-23-6-5-12(22-23)16(26)20-17-13(18(27)28-4)11(3)14(29-17)15(19)25/h5-7H,8H2,1-4H3,(H2,19,25)(H,20,26). The van der Waals surface area contributed by atoms with Crippen molar-refractivity contribution in [2.24, 2.45) is 5.73 Å². The van der Waals surface area contributed by atoms with E-state index < -0.39 is 17.8 Å². The molecule has 29 heavy (non-hydrogen) atoms. The van der Waals surface area contributed by atoms with Crippen LogP contribution in [0, 0.1) is 20.8 Å². The second-order valence-electron chi connectivity index (χ2n) is 6.38. The van der Waals surface area contributed by atoms with Gasteiger partial charge in [0.05, 0.1) is 23.2 Å². The maximum Gasteiger partial charge on any atom is 0.341 e. The molecule has 0 bridgehead atoms. The Hall–Kier alpha value is -3.47. The van der Waals surface area contributed by atoms with Crippen molar-refractivity contribution < 1.29 is 19.1 Å². The van der Waals surface area contributed by atoms with Gasteiger partial charge in [0.15, 0.2) is 5.69 Å². The molecule has 0 fully saturated rings. The number of methoxy groups -OCH3 is 1. The smallest absolute Gasteiger partial charge is 0.341 e. The first-order valence-corrected chi connectivity index (χ1v) is 9.40. The number of carbonyl (C=O) groups is 3. The van der Waals surface area contributed by atoms with E-state index in [9.17, 15) is 14.4 Å². The van der Waals surface area contributed by atoms with Crippen LogP contribution in [0.15, 0.2) is 18.3 Å². The zero-order valence-corrected chi connectivity index (χ0v) is 17.2. The molecule has 152 valence electrons. The van der Waals surface area contributed by atoms with Crippen LogP contribution in [0.4, 0.5) is 5.00 Å². The minimum absolute atomic E-state index is 0.0988. The molecule has 3 heterocycles. The molecule has 0 saturated heterocycles. The van der Waals surface area contributed by atoms with Crippen molar-refractivity contribution in [2.45, 2.75) is 27.4 Å². The van der Waals surface area contributed by atoms with Gasteiger partial charge in [-0.25, -0.2) is 9.48 Å². The van der Waals surface area contributed by atoms with Crippen molar-refractivity contribution in [3.63, 3.8) is 0 Å². The zero-order valence-electron chi connectivity index (χ0n) is 16.3. The molecule has 0 spiro atoms. The van der Waals surface area contributed by atoms with Gasteiger partial charge in [-0.1, -0.05) is 0 Å². The number of aromatic nitrogens is 4. The Kier molecular flexibility index (Phi) is 5.50. The summed E-state index contributed by atoms with van der Waals surface area (Å²) in [5.74, 6) is -1.89. The zero-order chi connectivity index (χ0) is 21.3. The van der Waals surface area contributed by atoms with Crippen LogP contribution in [-0.4, -0.2) is 44.5 Å². The van der Waals surface area contributed by atoms with Crippen molar-refractivity contribution in [3.8, 4) is 0 Å². The highest BCUT2D eigenvalue weighted by atomic mass is 32.1. The number of nitrogens with one attached hydrogen (secondary N) is 1. The average Bonchev–Trinajstić information content (AvgIpc) is 3.33. The molecule has 0 aliphatic rings. The topological polar surface area (TPSA) is 134 Å². The highest BCUT2D eigenvalue weighted by Crippen LogP contribution is 2.33. The lowest BCUT2D eigenvalue weighted by Gasteiger charge is -2.05. The number of hydrogen-bond donors (Lipinski definition) is 2. The quantitative estimate of drug-likeness (QED) is 0.588. The highest BCUT2D eigenvalue weighted by molar-refractivity contribution is 7.18. The second kappa shape index (κ2) is 7.87. The number of hydrogen-bond acceptors (Lipinski definition) is 7. The van der Waals surface area contributed by atoms with Crippen molar-refractivity contribution in [1.29, 1.82) is 0 Å². The number of carbonyl (C=O) groups excluding carboxylic acids is 3. The monoisotopic (exact) mass is 416 g/mol. The number of aryl methyl sites for hydroxylation is 2. The SMILES string of the molecule is COC(=O)c1c(NC(=O)c2ccn(Cn3nc(C)cc3C)n2)sc(C(N)=O)c1C. The maximum absolute atomic E-state index is 12.6. The molecule has 0 saturated carbocycles. The first kappa shape index (κ1) is 20.3. The molecular weight excluding hydrogens is 396 g/mol. The molecule has 3 aromatic rings. The normalized spacial score (nSPS) is 10.8. The summed E-state index contributed by atoms with van der Waals surface area (Å²) in [6.45, 7) is 5.75. The van der Waals surface area contributed by atoms with E-state index in [-0.39, 0.29) is 21.1 Å². The molecule has 0 radical (unpaired) electrons. The predicted octanol–water partition coefficient (Wildman–Crippen LogP) is 1.71. The van der Waals surface area contributed by atoms with Gasteiger partial charge in [0.2, 0.25) is 0 Å². The van der Waals surface area contributed by atoms with E-state index >= 15 is 0 Å². The summed E-state index contributed by atoms with van der Waals surface area (Å²) < 4.78 is 8.10. The molecule has 0 aliphatic heterocycles. The van der Waals surface area contributed by atoms with E-state index in [1.807, 2.05) is 19.9 Å². The lowest BCUT2D eigenvalue weighted by molar-refractivity contribution is 0.0601. The third-order valence-corrected chi connectivity index (χ3v) is 5.46. The fourth-order valence-corrected chi connectivity index (χ4v) is 3.91. The predicted molar refractivity (Wildman–Crippen MR) is 106 cm³/mol. The number of nitrogens with zero attached hydrogens (tertiary/aromatic N) is 4. The van der Waals surface area contributed by atoms with Crippen LogP contribution in [0.1, 0.15) is 47.5 Å². The Morgan fingerprint density at radius 3 is 2.55 bits per heavy atom. The van der Waals surface area contributed by atoms with Gasteiger partial charge in [0.1, 0.15) is 11.7 Å². The summed E-state index contributed by atoms with van der Waals surface area (Å²) in [7, 11) is 1.22. The highest BCUT2D eigenvalue weighted by Gasteiger charge is 2.26. The van der Waals surface area contributed by atoms with Gasteiger partial charge >= 0.3 is 5.97 Å². The Labute approximate surface area is 170 Å². The molecule has 3 rings (SSSR count). The van der Waals surface area contributed by atoms with Crippen molar-refractivity contribution >= 4 is 34.1 Å². The number of esters is 1. The van der Waals surface area contributed by atoms with E-state index in [1.165, 1.54) is 7.11 Å². The summed E-state index contributed by atoms with van der Waals surface area (Å²) in [6.07, 6.45) is 1.65. The van der Waals surface area contributed by atoms with Gasteiger partial charge in [-0.15, -0.1) is 11.3 Å². The third kappa shape index (κ3) is 4.04. The second-order valence-corrected chi connectivity index (χ2v) is 7.40. The lowest BCUT2D eigenvalue weighted by atomic mass is 10.1. The number of primary amides is 1. The summed E-state index contributed by atoms with van der Waals surface area (Å²) in [5, 5.41) is 11.4. The lowest BCUT2D eigenvalue weighted by Crippen LogP contribution is -2.16. The van der Waals surface area contributed by atoms with Crippen LogP contribution in [0.5, 0.6) is 0 Å². The summed E-state index contributed by atoms with van der Waals surface area (Å²) >= 11 is 0.919. The van der Waals surface area contributed by atoms with Crippen LogP contribution in [0.25, 0.3) is 0 Å². The average molecular weight is 416 g/mol. The number of rotatable bonds is 6. The fourth-order valence-electron chi connectivity index (χ4n) is 2.87. The van der Waals surface area contributed by atoms with Gasteiger partial charge in [0.25, 0.3) is 11.8 Å². The Morgan fingerprint density at radius 2 is 1.97 bits per heavy atom. The van der Waals surface area contributed by atoms with Crippen LogP contribution < -0.4 is 11.1 Å². The molecule has 0 atom stereocenters. The van der Waals surface area contributed by atoms with Crippen LogP contribution in [0.2, 0.25) is 0 Å². The van der Waals surface area contributed by atoms with E-state index in [0.717, 1.165) is 22.7 Å². The molecule has 0 aromatic carbocycles. The molecule has 0 aliphatic carbocycles. The Balaban J connectivity index is 1.83. The minimum atomic E-state index is -0.688. The molecule has 2 amide bonds. The van der Waals surface area contributed by atoms with Gasteiger partial charge in [-0.05, 0) is 38.5 Å². The molecule has 3 N–H and O–H groups in total. The number of nitrogens with two attached hydrogens (primary N) is 1. The van der Waals surface area contributed by atoms with E-state index in [2.05, 4.69) is 15.5 Å². The van der Waals surface area contributed by atoms with E-state index in [1.54, 1.807) is 28.6 Å². The van der Waals surface area contributed by atoms with Crippen LogP contribution in [0.3, 0.4) is 0 Å². The minimum Gasteiger partial charge on any atom is -0.465 e. The van der Waals surface area contributed by atoms with Crippen LogP contribution >= 0.6 is 11.3 Å². The maximum atomic E-state index is 12.6. The summed E-state index contributed by atoms with van der Waals surface area (Å²) in [6, 6.07) is 3.50. The van der Waals surface area contributed by atoms with Gasteiger partial charge < -0.3 is 15.8 Å². The first-order chi connectivity index (χ1) is 13.7. The Bertz CT molecular complexity index is 1110. The van der Waals surface area contributed by atoms with Crippen molar-refractivity contribution in [3.05, 3.63) is 51.4 Å². The van der Waals surface area contributed by atoms with Crippen molar-refractivity contribution in [1.82, 2.24) is 19.6 Å². The van der Waals surface area contributed by atoms with Gasteiger partial charge in [-0.3, -0.25) is 14.3 Å². The number of thiophene rings is 1. The molecule has 3 aromatic heterocycles. The molecule has 10 nitrogen and oxygen atoms in total. The van der Waals surface area contributed by atoms with Crippen LogP contribution in [-0.2, 0) is 11.4 Å². The number of amides is 2.